The van der Waals surface area contributed by atoms with Crippen LogP contribution >= 0.6 is 0 Å². The van der Waals surface area contributed by atoms with E-state index < -0.39 is 0 Å². The van der Waals surface area contributed by atoms with Crippen molar-refractivity contribution < 1.29 is 48.1 Å². The molecule has 0 bridgehead atoms. The quantitative estimate of drug-likeness (QED) is 0.216. The summed E-state index contributed by atoms with van der Waals surface area (Å²) in [7, 11) is 0. The predicted molar refractivity (Wildman–Crippen MR) is 140 cm³/mol. The van der Waals surface area contributed by atoms with E-state index in [1.54, 1.807) is 35.7 Å². The average molecular weight is 611 g/mol. The number of nitrogens with zero attached hydrogens (tertiary/aromatic N) is 4. The van der Waals surface area contributed by atoms with Crippen molar-refractivity contribution >= 4 is 27.0 Å². The van der Waals surface area contributed by atoms with Crippen LogP contribution < -0.4 is 24.8 Å². The Morgan fingerprint density at radius 2 is 1.08 bits per heavy atom. The molecule has 0 saturated heterocycles. The van der Waals surface area contributed by atoms with Crippen LogP contribution in [0.25, 0.3) is 32.9 Å². The Morgan fingerprint density at radius 3 is 1.42 bits per heavy atom. The molecule has 0 aliphatic carbocycles. The molecule has 0 N–H and O–H groups in total. The van der Waals surface area contributed by atoms with Crippen LogP contribution in [-0.4, -0.2) is 25.0 Å². The molecule has 2 aromatic heterocycles. The molecule has 4 aromatic carbocycles. The fourth-order valence-electron chi connectivity index (χ4n) is 3.83. The molecule has 36 heavy (non-hydrogen) atoms. The van der Waals surface area contributed by atoms with Gasteiger partial charge in [0.15, 0.2) is 0 Å². The Labute approximate surface area is 240 Å². The molecule has 2 heterocycles. The van der Waals surface area contributed by atoms with Crippen LogP contribution in [0.4, 0.5) is 0 Å². The third-order valence-corrected chi connectivity index (χ3v) is 5.21. The number of aryl methyl sites for hydroxylation is 2. The molecule has 0 spiro atoms. The van der Waals surface area contributed by atoms with Crippen molar-refractivity contribution in [2.24, 2.45) is 0 Å². The second-order valence-corrected chi connectivity index (χ2v) is 18.0. The van der Waals surface area contributed by atoms with Gasteiger partial charge in [-0.15, -0.1) is 69.1 Å². The molecular formula is C28H28Cl2N4SiZr-2. The van der Waals surface area contributed by atoms with Crippen molar-refractivity contribution in [3.8, 4) is 11.4 Å². The third kappa shape index (κ3) is 7.88. The SMILES string of the molecule is C[Si](C)=[Zr+2].Cc1cc2ccc(-n3cccn3)cc2[cH-]1.Cc1cc2ccc(-n3cccn3)cc2[cH-]1.[Cl-].[Cl-]. The second kappa shape index (κ2) is 13.9. The summed E-state index contributed by atoms with van der Waals surface area (Å²) in [5, 5.41) is 13.6. The number of hydrogen-bond donors (Lipinski definition) is 0. The fourth-order valence-corrected chi connectivity index (χ4v) is 3.83. The van der Waals surface area contributed by atoms with Gasteiger partial charge in [0.25, 0.3) is 0 Å². The van der Waals surface area contributed by atoms with Crippen LogP contribution in [0.5, 0.6) is 0 Å². The maximum absolute atomic E-state index is 4.22. The van der Waals surface area contributed by atoms with Gasteiger partial charge >= 0.3 is 41.9 Å². The van der Waals surface area contributed by atoms with Gasteiger partial charge in [0, 0.05) is 36.2 Å². The zero-order valence-corrected chi connectivity index (χ0v) is 25.8. The molecule has 0 amide bonds. The minimum atomic E-state index is 0. The maximum Gasteiger partial charge on any atom is 0.0493 e. The summed E-state index contributed by atoms with van der Waals surface area (Å²) in [6, 6.07) is 25.4. The summed E-state index contributed by atoms with van der Waals surface area (Å²) in [4.78, 5) is 0. The van der Waals surface area contributed by atoms with Crippen molar-refractivity contribution in [3.05, 3.63) is 109 Å². The van der Waals surface area contributed by atoms with Crippen LogP contribution in [0.1, 0.15) is 11.1 Å². The first kappa shape index (κ1) is 30.0. The smallest absolute Gasteiger partial charge is 0.0493 e. The van der Waals surface area contributed by atoms with E-state index in [0.717, 1.165) is 11.4 Å². The Balaban J connectivity index is 0.000000211. The Kier molecular flexibility index (Phi) is 11.6. The van der Waals surface area contributed by atoms with Crippen LogP contribution in [0.2, 0.25) is 13.1 Å². The summed E-state index contributed by atoms with van der Waals surface area (Å²) in [6.45, 7) is 8.85. The first-order chi connectivity index (χ1) is 16.4. The van der Waals surface area contributed by atoms with Crippen molar-refractivity contribution in [3.63, 3.8) is 0 Å². The van der Waals surface area contributed by atoms with Crippen LogP contribution in [0.15, 0.2) is 97.6 Å². The van der Waals surface area contributed by atoms with Gasteiger partial charge in [0.2, 0.25) is 0 Å². The second-order valence-electron chi connectivity index (χ2n) is 8.59. The summed E-state index contributed by atoms with van der Waals surface area (Å²) in [5.74, 6) is 0. The van der Waals surface area contributed by atoms with Crippen molar-refractivity contribution in [1.29, 1.82) is 0 Å². The summed E-state index contributed by atoms with van der Waals surface area (Å²) < 4.78 is 3.75. The molecule has 0 fully saturated rings. The van der Waals surface area contributed by atoms with Crippen molar-refractivity contribution in [2.75, 3.05) is 0 Å². The number of hydrogen-bond acceptors (Lipinski definition) is 2. The molecular weight excluding hydrogens is 583 g/mol. The first-order valence-corrected chi connectivity index (χ1v) is 17.4. The number of rotatable bonds is 2. The molecule has 4 nitrogen and oxygen atoms in total. The molecule has 0 radical (unpaired) electrons. The standard InChI is InChI=1S/2C13H11N2.C2H6Si.2ClH.Zr/c2*1-10-7-11-3-4-13(9-12(11)8-10)15-6-2-5-14-15;1-3-2;;;/h2*2-9H,1H3;1-2H3;2*1H;/q2*-1;;;;+2/p-2. The predicted octanol–water partition coefficient (Wildman–Crippen LogP) is 0.898. The van der Waals surface area contributed by atoms with E-state index in [-0.39, 0.29) is 30.2 Å². The molecule has 0 aliphatic rings. The van der Waals surface area contributed by atoms with E-state index in [1.165, 1.54) is 32.7 Å². The largest absolute Gasteiger partial charge is 1.00 e. The number of fused-ring (bicyclic) bond motifs is 2. The van der Waals surface area contributed by atoms with Gasteiger partial charge in [0.05, 0.1) is 0 Å². The average Bonchev–Trinajstić information content (AvgIpc) is 3.58. The van der Waals surface area contributed by atoms with Crippen LogP contribution in [-0.2, 0) is 23.3 Å². The summed E-state index contributed by atoms with van der Waals surface area (Å²) in [5.41, 5.74) is 5.05. The van der Waals surface area contributed by atoms with Gasteiger partial charge in [-0.05, 0) is 12.1 Å². The minimum Gasteiger partial charge on any atom is -1.00 e. The molecule has 0 unspecified atom stereocenters. The van der Waals surface area contributed by atoms with E-state index in [4.69, 9.17) is 0 Å². The van der Waals surface area contributed by atoms with Crippen molar-refractivity contribution in [2.45, 2.75) is 26.9 Å². The number of aromatic nitrogens is 4. The van der Waals surface area contributed by atoms with Crippen LogP contribution in [0.3, 0.4) is 0 Å². The molecule has 0 saturated carbocycles. The first-order valence-electron chi connectivity index (χ1n) is 11.2. The number of benzene rings is 2. The summed E-state index contributed by atoms with van der Waals surface area (Å²) in [6.07, 6.45) is 7.49. The normalized spacial score (nSPS) is 9.94. The molecule has 0 atom stereocenters. The van der Waals surface area contributed by atoms with Gasteiger partial charge in [-0.25, -0.2) is 0 Å². The van der Waals surface area contributed by atoms with Gasteiger partial charge < -0.3 is 24.8 Å². The van der Waals surface area contributed by atoms with Gasteiger partial charge in [0.1, 0.15) is 0 Å². The fraction of sp³-hybridized carbons (Fsp3) is 0.143. The van der Waals surface area contributed by atoms with E-state index >= 15 is 0 Å². The zero-order chi connectivity index (χ0) is 24.1. The molecule has 6 rings (SSSR count). The topological polar surface area (TPSA) is 35.6 Å². The molecule has 0 aliphatic heterocycles. The van der Waals surface area contributed by atoms with Crippen LogP contribution in [0, 0.1) is 13.8 Å². The van der Waals surface area contributed by atoms with Gasteiger partial charge in [-0.1, -0.05) is 26.0 Å². The maximum atomic E-state index is 4.22. The minimum absolute atomic E-state index is 0. The zero-order valence-electron chi connectivity index (χ0n) is 20.8. The molecule has 6 aromatic rings. The van der Waals surface area contributed by atoms with E-state index in [9.17, 15) is 0 Å². The monoisotopic (exact) mass is 608 g/mol. The van der Waals surface area contributed by atoms with E-state index in [2.05, 4.69) is 97.8 Å². The Bertz CT molecular complexity index is 1400. The Hall–Kier alpha value is -2.24. The third-order valence-electron chi connectivity index (χ3n) is 5.21. The summed E-state index contributed by atoms with van der Waals surface area (Å²) >= 11 is 1.74. The van der Waals surface area contributed by atoms with E-state index in [1.807, 2.05) is 33.9 Å². The van der Waals surface area contributed by atoms with E-state index in [0.29, 0.717) is 0 Å². The van der Waals surface area contributed by atoms with Crippen molar-refractivity contribution in [1.82, 2.24) is 19.6 Å². The molecule has 184 valence electrons. The van der Waals surface area contributed by atoms with Gasteiger partial charge in [-0.2, -0.15) is 22.3 Å². The van der Waals surface area contributed by atoms with Gasteiger partial charge in [-0.3, -0.25) is 9.36 Å². The number of halogens is 2. The Morgan fingerprint density at radius 1 is 0.694 bits per heavy atom. The molecule has 8 heteroatoms.